The van der Waals surface area contributed by atoms with Gasteiger partial charge in [0, 0.05) is 19.7 Å². The fourth-order valence-electron chi connectivity index (χ4n) is 4.40. The molecule has 2 atom stereocenters. The number of nitrogens with zero attached hydrogens (tertiary/aromatic N) is 5. The van der Waals surface area contributed by atoms with Crippen molar-refractivity contribution in [3.63, 3.8) is 0 Å². The fraction of sp³-hybridized carbons (Fsp3) is 0.647. The third kappa shape index (κ3) is 4.28. The molecule has 3 aliphatic heterocycles. The van der Waals surface area contributed by atoms with E-state index in [0.29, 0.717) is 16.3 Å². The average molecular weight is 471 g/mol. The van der Waals surface area contributed by atoms with Gasteiger partial charge in [0.05, 0.1) is 24.9 Å². The van der Waals surface area contributed by atoms with E-state index < -0.39 is 34.5 Å². The summed E-state index contributed by atoms with van der Waals surface area (Å²) < 4.78 is 37.6. The Balaban J connectivity index is 1.53. The molecular weight excluding hydrogens is 446 g/mol. The lowest BCUT2D eigenvalue weighted by Crippen LogP contribution is -2.45. The maximum Gasteiger partial charge on any atom is 0.418 e. The van der Waals surface area contributed by atoms with Gasteiger partial charge in [0.25, 0.3) is 0 Å². The maximum absolute atomic E-state index is 12.9. The molecule has 0 radical (unpaired) electrons. The minimum Gasteiger partial charge on any atom is -0.342 e. The number of fused-ring (bicyclic) bond motifs is 4. The van der Waals surface area contributed by atoms with Crippen LogP contribution in [-0.4, -0.2) is 77.2 Å². The molecule has 15 heteroatoms. The predicted octanol–water partition coefficient (Wildman–Crippen LogP) is -0.546. The molecule has 2 fully saturated rings. The summed E-state index contributed by atoms with van der Waals surface area (Å²) in [4.78, 5) is 35.9. The molecule has 4 rings (SSSR count). The van der Waals surface area contributed by atoms with E-state index in [-0.39, 0.29) is 24.7 Å². The van der Waals surface area contributed by atoms with Crippen LogP contribution in [0, 0.1) is 5.92 Å². The van der Waals surface area contributed by atoms with Crippen LogP contribution in [0.3, 0.4) is 0 Å². The Hall–Kier alpha value is -2.75. The molecule has 3 aliphatic rings. The number of urea groups is 1. The Morgan fingerprint density at radius 1 is 1.41 bits per heavy atom. The SMILES string of the molecule is CN=C(NOC(=O)CC1CCNCC1)[C@@H]1c2c(cnn2C)[C@@H]2CN1C(=O)N2OS(=O)(=O)O. The fourth-order valence-corrected chi connectivity index (χ4v) is 4.77. The Kier molecular flexibility index (Phi) is 6.07. The molecule has 2 amide bonds. The van der Waals surface area contributed by atoms with Crippen molar-refractivity contribution < 1.29 is 31.7 Å². The number of amidine groups is 1. The molecule has 0 saturated carbocycles. The molecule has 32 heavy (non-hydrogen) atoms. The molecule has 3 N–H and O–H groups in total. The molecule has 176 valence electrons. The van der Waals surface area contributed by atoms with Crippen molar-refractivity contribution in [3.8, 4) is 0 Å². The van der Waals surface area contributed by atoms with Crippen LogP contribution in [0.1, 0.15) is 42.6 Å². The highest BCUT2D eigenvalue weighted by atomic mass is 32.3. The summed E-state index contributed by atoms with van der Waals surface area (Å²) in [5, 5.41) is 8.03. The number of amides is 2. The second-order valence-corrected chi connectivity index (χ2v) is 8.88. The van der Waals surface area contributed by atoms with E-state index in [2.05, 4.69) is 25.2 Å². The van der Waals surface area contributed by atoms with E-state index in [4.69, 9.17) is 9.39 Å². The second kappa shape index (κ2) is 8.65. The van der Waals surface area contributed by atoms with E-state index >= 15 is 0 Å². The number of nitrogens with one attached hydrogen (secondary N) is 2. The second-order valence-electron chi connectivity index (χ2n) is 7.87. The minimum absolute atomic E-state index is 0.0570. The van der Waals surface area contributed by atoms with Gasteiger partial charge in [0.1, 0.15) is 12.1 Å². The Morgan fingerprint density at radius 2 is 2.12 bits per heavy atom. The van der Waals surface area contributed by atoms with E-state index in [9.17, 15) is 18.0 Å². The number of carbonyl (C=O) groups is 2. The number of carbonyl (C=O) groups excluding carboxylic acids is 2. The number of aliphatic imine (C=N–C) groups is 1. The van der Waals surface area contributed by atoms with Crippen LogP contribution in [0.5, 0.6) is 0 Å². The van der Waals surface area contributed by atoms with E-state index in [1.807, 2.05) is 0 Å². The number of aromatic nitrogens is 2. The van der Waals surface area contributed by atoms with Gasteiger partial charge in [0.2, 0.25) is 0 Å². The maximum atomic E-state index is 12.9. The van der Waals surface area contributed by atoms with Gasteiger partial charge in [-0.25, -0.2) is 15.1 Å². The van der Waals surface area contributed by atoms with Crippen molar-refractivity contribution in [2.75, 3.05) is 26.7 Å². The first-order valence-corrected chi connectivity index (χ1v) is 11.5. The molecule has 0 spiro atoms. The number of hydroxylamine groups is 3. The lowest BCUT2D eigenvalue weighted by molar-refractivity contribution is -0.149. The summed E-state index contributed by atoms with van der Waals surface area (Å²) >= 11 is 0. The van der Waals surface area contributed by atoms with Crippen molar-refractivity contribution in [3.05, 3.63) is 17.5 Å². The van der Waals surface area contributed by atoms with Crippen molar-refractivity contribution in [1.82, 2.24) is 30.5 Å². The summed E-state index contributed by atoms with van der Waals surface area (Å²) in [6.45, 7) is 1.78. The molecule has 14 nitrogen and oxygen atoms in total. The lowest BCUT2D eigenvalue weighted by atomic mass is 9.95. The van der Waals surface area contributed by atoms with Crippen LogP contribution in [0.25, 0.3) is 0 Å². The van der Waals surface area contributed by atoms with Crippen molar-refractivity contribution in [2.24, 2.45) is 18.0 Å². The van der Waals surface area contributed by atoms with Gasteiger partial charge >= 0.3 is 22.4 Å². The van der Waals surface area contributed by atoms with Crippen LogP contribution >= 0.6 is 0 Å². The first kappa shape index (κ1) is 22.4. The van der Waals surface area contributed by atoms with Crippen LogP contribution in [-0.2, 0) is 31.4 Å². The smallest absolute Gasteiger partial charge is 0.342 e. The van der Waals surface area contributed by atoms with Crippen LogP contribution in [0.2, 0.25) is 0 Å². The van der Waals surface area contributed by atoms with Crippen LogP contribution in [0.4, 0.5) is 4.79 Å². The Bertz CT molecular complexity index is 1030. The molecule has 2 bridgehead atoms. The van der Waals surface area contributed by atoms with Gasteiger partial charge in [0.15, 0.2) is 5.84 Å². The predicted molar refractivity (Wildman–Crippen MR) is 108 cm³/mol. The minimum atomic E-state index is -4.92. The quantitative estimate of drug-likeness (QED) is 0.219. The summed E-state index contributed by atoms with van der Waals surface area (Å²) in [5.41, 5.74) is 3.64. The highest BCUT2D eigenvalue weighted by Crippen LogP contribution is 2.44. The topological polar surface area (TPSA) is 168 Å². The molecule has 4 heterocycles. The molecule has 1 aromatic heterocycles. The molecule has 0 aromatic carbocycles. The third-order valence-corrected chi connectivity index (χ3v) is 6.24. The molecule has 1 aromatic rings. The van der Waals surface area contributed by atoms with Gasteiger partial charge in [-0.15, -0.1) is 4.28 Å². The Labute approximate surface area is 184 Å². The number of piperidine rings is 1. The number of aryl methyl sites for hydroxylation is 1. The third-order valence-electron chi connectivity index (χ3n) is 5.89. The largest absolute Gasteiger partial charge is 0.418 e. The van der Waals surface area contributed by atoms with Gasteiger partial charge in [-0.1, -0.05) is 0 Å². The highest BCUT2D eigenvalue weighted by Gasteiger charge is 2.53. The monoisotopic (exact) mass is 471 g/mol. The zero-order valence-corrected chi connectivity index (χ0v) is 18.4. The lowest BCUT2D eigenvalue weighted by Gasteiger charge is -2.31. The van der Waals surface area contributed by atoms with E-state index in [1.165, 1.54) is 22.8 Å². The molecular formula is C17H25N7O7S. The first-order chi connectivity index (χ1) is 15.2. The van der Waals surface area contributed by atoms with Crippen LogP contribution < -0.4 is 10.8 Å². The zero-order chi connectivity index (χ0) is 23.0. The van der Waals surface area contributed by atoms with Gasteiger partial charge in [-0.2, -0.15) is 18.6 Å². The summed E-state index contributed by atoms with van der Waals surface area (Å²) in [5.74, 6) is -0.0481. The normalized spacial score (nSPS) is 24.0. The Morgan fingerprint density at radius 3 is 2.78 bits per heavy atom. The summed E-state index contributed by atoms with van der Waals surface area (Å²) in [7, 11) is -1.79. The number of rotatable bonds is 5. The van der Waals surface area contributed by atoms with Gasteiger partial charge < -0.3 is 15.1 Å². The standard InChI is InChI=1S/C17H25N7O7S/c1-18-16(21-30-13(25)7-10-3-5-19-6-4-10)15-14-11(8-20-22(14)2)12-9-23(15)17(26)24(12)31-32(27,28)29/h8,10,12,15,19H,3-7,9H2,1-2H3,(H,18,21)(H,27,28,29)/t12-,15-/m0/s1. The number of hydrogen-bond acceptors (Lipinski definition) is 9. The van der Waals surface area contributed by atoms with Crippen LogP contribution in [0.15, 0.2) is 11.2 Å². The zero-order valence-electron chi connectivity index (χ0n) is 17.6. The molecule has 0 aliphatic carbocycles. The number of hydrogen-bond donors (Lipinski definition) is 3. The van der Waals surface area contributed by atoms with Gasteiger partial charge in [-0.05, 0) is 31.8 Å². The van der Waals surface area contributed by atoms with Crippen molar-refractivity contribution in [2.45, 2.75) is 31.3 Å². The van der Waals surface area contributed by atoms with Crippen molar-refractivity contribution in [1.29, 1.82) is 0 Å². The summed E-state index contributed by atoms with van der Waals surface area (Å²) in [6, 6.07) is -2.43. The first-order valence-electron chi connectivity index (χ1n) is 10.1. The summed E-state index contributed by atoms with van der Waals surface area (Å²) in [6.07, 6.45) is 3.52. The molecule has 2 saturated heterocycles. The van der Waals surface area contributed by atoms with E-state index in [0.717, 1.165) is 25.9 Å². The average Bonchev–Trinajstić information content (AvgIpc) is 3.24. The van der Waals surface area contributed by atoms with Gasteiger partial charge in [-0.3, -0.25) is 14.2 Å². The van der Waals surface area contributed by atoms with E-state index in [1.54, 1.807) is 7.05 Å². The molecule has 0 unspecified atom stereocenters. The van der Waals surface area contributed by atoms with Crippen molar-refractivity contribution >= 4 is 28.2 Å². The highest BCUT2D eigenvalue weighted by molar-refractivity contribution is 7.80.